The topological polar surface area (TPSA) is 66.5 Å². The first-order valence-electron chi connectivity index (χ1n) is 12.0. The van der Waals surface area contributed by atoms with Gasteiger partial charge in [-0.15, -0.1) is 0 Å². The van der Waals surface area contributed by atoms with Gasteiger partial charge in [0, 0.05) is 0 Å². The Labute approximate surface area is 213 Å². The smallest absolute Gasteiger partial charge is 0.264 e. The molecule has 0 saturated carbocycles. The molecule has 4 aromatic rings. The number of rotatable bonds is 9. The third-order valence-electron chi connectivity index (χ3n) is 6.06. The Kier molecular flexibility index (Phi) is 7.86. The fourth-order valence-electron chi connectivity index (χ4n) is 4.12. The summed E-state index contributed by atoms with van der Waals surface area (Å²) in [4.78, 5) is 13.6. The molecule has 6 heteroatoms. The van der Waals surface area contributed by atoms with Crippen molar-refractivity contribution in [2.75, 3.05) is 10.8 Å². The van der Waals surface area contributed by atoms with Gasteiger partial charge in [0.2, 0.25) is 5.91 Å². The van der Waals surface area contributed by atoms with Crippen LogP contribution in [0, 0.1) is 6.92 Å². The SMILES string of the molecule is CCc1ccc(N(CC(=O)NC(c2ccccc2)c2cccc(C)c2)S(=O)(=O)c2ccccc2)cc1. The van der Waals surface area contributed by atoms with E-state index in [1.807, 2.05) is 80.6 Å². The molecule has 1 unspecified atom stereocenters. The summed E-state index contributed by atoms with van der Waals surface area (Å²) in [5.41, 5.74) is 4.45. The van der Waals surface area contributed by atoms with Crippen LogP contribution in [-0.2, 0) is 21.2 Å². The van der Waals surface area contributed by atoms with Gasteiger partial charge in [-0.25, -0.2) is 8.42 Å². The maximum Gasteiger partial charge on any atom is 0.264 e. The molecule has 0 fully saturated rings. The van der Waals surface area contributed by atoms with Crippen LogP contribution in [0.4, 0.5) is 5.69 Å². The lowest BCUT2D eigenvalue weighted by molar-refractivity contribution is -0.120. The highest BCUT2D eigenvalue weighted by atomic mass is 32.2. The molecule has 0 aliphatic rings. The first kappa shape index (κ1) is 25.2. The molecule has 1 atom stereocenters. The van der Waals surface area contributed by atoms with Crippen LogP contribution in [0.25, 0.3) is 0 Å². The van der Waals surface area contributed by atoms with Gasteiger partial charge in [0.25, 0.3) is 10.0 Å². The average molecular weight is 499 g/mol. The number of anilines is 1. The Morgan fingerprint density at radius 2 is 1.42 bits per heavy atom. The minimum absolute atomic E-state index is 0.135. The number of carbonyl (C=O) groups is 1. The Hall–Kier alpha value is -3.90. The van der Waals surface area contributed by atoms with Gasteiger partial charge < -0.3 is 5.32 Å². The van der Waals surface area contributed by atoms with Crippen molar-refractivity contribution in [3.05, 3.63) is 131 Å². The van der Waals surface area contributed by atoms with E-state index in [0.29, 0.717) is 5.69 Å². The van der Waals surface area contributed by atoms with Gasteiger partial charge in [0.1, 0.15) is 6.54 Å². The van der Waals surface area contributed by atoms with Crippen molar-refractivity contribution < 1.29 is 13.2 Å². The van der Waals surface area contributed by atoms with E-state index in [1.54, 1.807) is 42.5 Å². The van der Waals surface area contributed by atoms with Crippen molar-refractivity contribution >= 4 is 21.6 Å². The number of sulfonamides is 1. The summed E-state index contributed by atoms with van der Waals surface area (Å²) in [5, 5.41) is 3.08. The molecule has 0 radical (unpaired) electrons. The van der Waals surface area contributed by atoms with Crippen LogP contribution in [-0.4, -0.2) is 20.9 Å². The van der Waals surface area contributed by atoms with Gasteiger partial charge in [-0.1, -0.05) is 97.4 Å². The predicted octanol–water partition coefficient (Wildman–Crippen LogP) is 5.66. The van der Waals surface area contributed by atoms with Gasteiger partial charge >= 0.3 is 0 Å². The van der Waals surface area contributed by atoms with E-state index in [9.17, 15) is 13.2 Å². The lowest BCUT2D eigenvalue weighted by Crippen LogP contribution is -2.42. The third kappa shape index (κ3) is 5.83. The molecular weight excluding hydrogens is 468 g/mol. The average Bonchev–Trinajstić information content (AvgIpc) is 2.91. The number of benzene rings is 4. The molecule has 1 amide bonds. The Morgan fingerprint density at radius 3 is 2.03 bits per heavy atom. The highest BCUT2D eigenvalue weighted by Gasteiger charge is 2.28. The molecule has 0 aliphatic heterocycles. The molecule has 4 aromatic carbocycles. The standard InChI is InChI=1S/C30H30N2O3S/c1-3-24-17-19-27(20-18-24)32(36(34,35)28-15-8-5-9-16-28)22-29(33)31-30(25-12-6-4-7-13-25)26-14-10-11-23(2)21-26/h4-21,30H,3,22H2,1-2H3,(H,31,33). The molecule has 0 bridgehead atoms. The van der Waals surface area contributed by atoms with E-state index in [4.69, 9.17) is 0 Å². The van der Waals surface area contributed by atoms with Gasteiger partial charge in [-0.2, -0.15) is 0 Å². The minimum atomic E-state index is -3.97. The molecule has 0 heterocycles. The molecule has 0 saturated heterocycles. The summed E-state index contributed by atoms with van der Waals surface area (Å²) in [6.07, 6.45) is 0.835. The molecule has 0 spiro atoms. The van der Waals surface area contributed by atoms with Crippen LogP contribution in [0.5, 0.6) is 0 Å². The second-order valence-corrected chi connectivity index (χ2v) is 10.5. The second kappa shape index (κ2) is 11.2. The van der Waals surface area contributed by atoms with Crippen molar-refractivity contribution in [2.24, 2.45) is 0 Å². The van der Waals surface area contributed by atoms with Crippen LogP contribution in [0.1, 0.15) is 35.2 Å². The van der Waals surface area contributed by atoms with Gasteiger partial charge in [0.15, 0.2) is 0 Å². The normalized spacial score (nSPS) is 12.1. The Bertz CT molecular complexity index is 1400. The van der Waals surface area contributed by atoms with Crippen LogP contribution < -0.4 is 9.62 Å². The van der Waals surface area contributed by atoms with E-state index < -0.39 is 22.0 Å². The fraction of sp³-hybridized carbons (Fsp3) is 0.167. The summed E-state index contributed by atoms with van der Waals surface area (Å²) in [5.74, 6) is -0.399. The highest BCUT2D eigenvalue weighted by molar-refractivity contribution is 7.92. The number of amides is 1. The maximum atomic E-state index is 13.6. The second-order valence-electron chi connectivity index (χ2n) is 8.67. The lowest BCUT2D eigenvalue weighted by atomic mass is 9.97. The molecule has 184 valence electrons. The zero-order chi connectivity index (χ0) is 25.5. The maximum absolute atomic E-state index is 13.6. The number of carbonyl (C=O) groups excluding carboxylic acids is 1. The molecular formula is C30H30N2O3S. The third-order valence-corrected chi connectivity index (χ3v) is 7.85. The quantitative estimate of drug-likeness (QED) is 0.324. The van der Waals surface area contributed by atoms with E-state index in [2.05, 4.69) is 5.32 Å². The fourth-order valence-corrected chi connectivity index (χ4v) is 5.57. The molecule has 4 rings (SSSR count). The summed E-state index contributed by atoms with van der Waals surface area (Å²) >= 11 is 0. The van der Waals surface area contributed by atoms with E-state index >= 15 is 0 Å². The summed E-state index contributed by atoms with van der Waals surface area (Å²) in [6.45, 7) is 3.69. The Balaban J connectivity index is 1.68. The summed E-state index contributed by atoms with van der Waals surface area (Å²) < 4.78 is 28.5. The van der Waals surface area contributed by atoms with Crippen molar-refractivity contribution in [2.45, 2.75) is 31.2 Å². The first-order chi connectivity index (χ1) is 17.4. The number of hydrogen-bond donors (Lipinski definition) is 1. The van der Waals surface area contributed by atoms with E-state index in [-0.39, 0.29) is 11.4 Å². The number of nitrogens with one attached hydrogen (secondary N) is 1. The van der Waals surface area contributed by atoms with Crippen LogP contribution in [0.3, 0.4) is 0 Å². The zero-order valence-electron chi connectivity index (χ0n) is 20.5. The lowest BCUT2D eigenvalue weighted by Gasteiger charge is -2.26. The van der Waals surface area contributed by atoms with Crippen molar-refractivity contribution in [3.8, 4) is 0 Å². The molecule has 0 aromatic heterocycles. The highest BCUT2D eigenvalue weighted by Crippen LogP contribution is 2.26. The number of aryl methyl sites for hydroxylation is 2. The largest absolute Gasteiger partial charge is 0.344 e. The number of nitrogens with zero attached hydrogens (tertiary/aromatic N) is 1. The summed E-state index contributed by atoms with van der Waals surface area (Å²) in [6, 6.07) is 32.7. The monoisotopic (exact) mass is 498 g/mol. The van der Waals surface area contributed by atoms with E-state index in [0.717, 1.165) is 28.7 Å². The van der Waals surface area contributed by atoms with Crippen LogP contribution in [0.2, 0.25) is 0 Å². The van der Waals surface area contributed by atoms with Gasteiger partial charge in [-0.05, 0) is 54.3 Å². The minimum Gasteiger partial charge on any atom is -0.344 e. The molecule has 5 nitrogen and oxygen atoms in total. The van der Waals surface area contributed by atoms with E-state index in [1.165, 1.54) is 4.31 Å². The van der Waals surface area contributed by atoms with Crippen molar-refractivity contribution in [1.82, 2.24) is 5.32 Å². The number of hydrogen-bond acceptors (Lipinski definition) is 3. The molecule has 1 N–H and O–H groups in total. The Morgan fingerprint density at radius 1 is 0.806 bits per heavy atom. The first-order valence-corrected chi connectivity index (χ1v) is 13.4. The predicted molar refractivity (Wildman–Crippen MR) is 144 cm³/mol. The van der Waals surface area contributed by atoms with Gasteiger partial charge in [0.05, 0.1) is 16.6 Å². The van der Waals surface area contributed by atoms with Crippen LogP contribution >= 0.6 is 0 Å². The van der Waals surface area contributed by atoms with Crippen molar-refractivity contribution in [3.63, 3.8) is 0 Å². The molecule has 0 aliphatic carbocycles. The summed E-state index contributed by atoms with van der Waals surface area (Å²) in [7, 11) is -3.97. The zero-order valence-corrected chi connectivity index (χ0v) is 21.3. The van der Waals surface area contributed by atoms with Crippen molar-refractivity contribution in [1.29, 1.82) is 0 Å². The molecule has 36 heavy (non-hydrogen) atoms. The van der Waals surface area contributed by atoms with Gasteiger partial charge in [-0.3, -0.25) is 9.10 Å². The van der Waals surface area contributed by atoms with Crippen LogP contribution in [0.15, 0.2) is 114 Å².